The molecule has 3 heterocycles. The van der Waals surface area contributed by atoms with Crippen LogP contribution in [0.25, 0.3) is 22.2 Å². The Kier molecular flexibility index (Phi) is 7.35. The van der Waals surface area contributed by atoms with E-state index in [1.54, 1.807) is 0 Å². The number of fused-ring (bicyclic) bond motifs is 1. The lowest BCUT2D eigenvalue weighted by atomic mass is 10.0. The molecule has 8 heteroatoms. The SMILES string of the molecule is CN1CCC(Oc2nc3ccc(NC(=O)c4ccc(-c5ccc(Cl)cc5)cc4)cc3nc2N2CCCC2)CC1. The molecule has 2 saturated heterocycles. The number of rotatable bonds is 6. The molecule has 2 aliphatic rings. The van der Waals surface area contributed by atoms with E-state index in [0.717, 1.165) is 79.8 Å². The molecule has 6 rings (SSSR count). The zero-order valence-electron chi connectivity index (χ0n) is 22.1. The Balaban J connectivity index is 1.21. The Morgan fingerprint density at radius 1 is 0.872 bits per heavy atom. The van der Waals surface area contributed by atoms with Crippen LogP contribution >= 0.6 is 11.6 Å². The fraction of sp³-hybridized carbons (Fsp3) is 0.323. The van der Waals surface area contributed by atoms with Crippen molar-refractivity contribution in [1.82, 2.24) is 14.9 Å². The Hall–Kier alpha value is -3.68. The molecule has 200 valence electrons. The van der Waals surface area contributed by atoms with Crippen LogP contribution in [0.4, 0.5) is 11.5 Å². The molecule has 1 amide bonds. The predicted molar refractivity (Wildman–Crippen MR) is 157 cm³/mol. The van der Waals surface area contributed by atoms with Gasteiger partial charge in [0, 0.05) is 42.5 Å². The van der Waals surface area contributed by atoms with Gasteiger partial charge in [-0.3, -0.25) is 4.79 Å². The second kappa shape index (κ2) is 11.2. The summed E-state index contributed by atoms with van der Waals surface area (Å²) < 4.78 is 6.44. The number of hydrogen-bond donors (Lipinski definition) is 1. The Labute approximate surface area is 233 Å². The maximum Gasteiger partial charge on any atom is 0.258 e. The Bertz CT molecular complexity index is 1460. The minimum absolute atomic E-state index is 0.152. The summed E-state index contributed by atoms with van der Waals surface area (Å²) in [4.78, 5) is 27.5. The molecular weight excluding hydrogens is 510 g/mol. The molecular formula is C31H32ClN5O2. The molecule has 3 aromatic carbocycles. The first-order valence-electron chi connectivity index (χ1n) is 13.6. The number of carbonyl (C=O) groups excluding carboxylic acids is 1. The lowest BCUT2D eigenvalue weighted by Crippen LogP contribution is -2.36. The summed E-state index contributed by atoms with van der Waals surface area (Å²) in [5.41, 5.74) is 4.83. The first kappa shape index (κ1) is 25.6. The van der Waals surface area contributed by atoms with Crippen molar-refractivity contribution in [3.8, 4) is 17.0 Å². The van der Waals surface area contributed by atoms with Crippen LogP contribution in [0.3, 0.4) is 0 Å². The van der Waals surface area contributed by atoms with Gasteiger partial charge < -0.3 is 19.9 Å². The number of halogens is 1. The van der Waals surface area contributed by atoms with Gasteiger partial charge in [-0.2, -0.15) is 0 Å². The first-order chi connectivity index (χ1) is 19.0. The molecule has 0 unspecified atom stereocenters. The minimum Gasteiger partial charge on any atom is -0.472 e. The second-order valence-electron chi connectivity index (χ2n) is 10.4. The molecule has 7 nitrogen and oxygen atoms in total. The molecule has 0 atom stereocenters. The summed E-state index contributed by atoms with van der Waals surface area (Å²) in [7, 11) is 2.15. The predicted octanol–water partition coefficient (Wildman–Crippen LogP) is 6.28. The van der Waals surface area contributed by atoms with E-state index in [-0.39, 0.29) is 12.0 Å². The lowest BCUT2D eigenvalue weighted by Gasteiger charge is -2.30. The summed E-state index contributed by atoms with van der Waals surface area (Å²) in [5.74, 6) is 1.25. The fourth-order valence-electron chi connectivity index (χ4n) is 5.24. The van der Waals surface area contributed by atoms with Crippen molar-refractivity contribution in [3.05, 3.63) is 77.3 Å². The van der Waals surface area contributed by atoms with Crippen LogP contribution < -0.4 is 15.0 Å². The van der Waals surface area contributed by atoms with Gasteiger partial charge in [-0.05, 0) is 86.3 Å². The van der Waals surface area contributed by atoms with Gasteiger partial charge in [0.05, 0.1) is 11.0 Å². The van der Waals surface area contributed by atoms with E-state index in [2.05, 4.69) is 22.2 Å². The quantitative estimate of drug-likeness (QED) is 0.310. The van der Waals surface area contributed by atoms with Crippen molar-refractivity contribution in [1.29, 1.82) is 0 Å². The summed E-state index contributed by atoms with van der Waals surface area (Å²) in [6.45, 7) is 3.95. The van der Waals surface area contributed by atoms with Crippen molar-refractivity contribution in [2.24, 2.45) is 0 Å². The van der Waals surface area contributed by atoms with Crippen molar-refractivity contribution >= 4 is 40.0 Å². The van der Waals surface area contributed by atoms with Gasteiger partial charge in [0.15, 0.2) is 5.82 Å². The zero-order chi connectivity index (χ0) is 26.8. The van der Waals surface area contributed by atoms with Crippen LogP contribution in [-0.4, -0.2) is 60.1 Å². The van der Waals surface area contributed by atoms with E-state index < -0.39 is 0 Å². The monoisotopic (exact) mass is 541 g/mol. The van der Waals surface area contributed by atoms with Gasteiger partial charge in [0.25, 0.3) is 11.8 Å². The topological polar surface area (TPSA) is 70.6 Å². The van der Waals surface area contributed by atoms with Crippen molar-refractivity contribution in [2.45, 2.75) is 31.8 Å². The molecule has 0 aliphatic carbocycles. The molecule has 4 aromatic rings. The Morgan fingerprint density at radius 2 is 1.54 bits per heavy atom. The average molecular weight is 542 g/mol. The molecule has 2 fully saturated rings. The van der Waals surface area contributed by atoms with Crippen molar-refractivity contribution < 1.29 is 9.53 Å². The number of likely N-dealkylation sites (tertiary alicyclic amines) is 1. The zero-order valence-corrected chi connectivity index (χ0v) is 22.8. The number of aromatic nitrogens is 2. The number of amides is 1. The number of hydrogen-bond acceptors (Lipinski definition) is 6. The number of nitrogens with zero attached hydrogens (tertiary/aromatic N) is 4. The molecule has 2 aliphatic heterocycles. The molecule has 0 bridgehead atoms. The largest absolute Gasteiger partial charge is 0.472 e. The molecule has 1 aromatic heterocycles. The maximum absolute atomic E-state index is 13.0. The van der Waals surface area contributed by atoms with E-state index in [1.807, 2.05) is 66.7 Å². The van der Waals surface area contributed by atoms with Crippen LogP contribution in [0.15, 0.2) is 66.7 Å². The Morgan fingerprint density at radius 3 is 2.23 bits per heavy atom. The van der Waals surface area contributed by atoms with E-state index in [1.165, 1.54) is 0 Å². The van der Waals surface area contributed by atoms with Gasteiger partial charge >= 0.3 is 0 Å². The second-order valence-corrected chi connectivity index (χ2v) is 10.8. The number of carbonyl (C=O) groups is 1. The van der Waals surface area contributed by atoms with Crippen molar-refractivity contribution in [3.63, 3.8) is 0 Å². The van der Waals surface area contributed by atoms with Crippen LogP contribution in [0.2, 0.25) is 5.02 Å². The number of benzene rings is 3. The van der Waals surface area contributed by atoms with Gasteiger partial charge in [0.2, 0.25) is 0 Å². The fourth-order valence-corrected chi connectivity index (χ4v) is 5.37. The standard InChI is InChI=1S/C31H32ClN5O2/c1-36-18-14-26(15-19-36)39-31-29(37-16-2-3-17-37)34-28-20-25(12-13-27(28)35-31)33-30(38)23-6-4-21(5-7-23)22-8-10-24(32)11-9-22/h4-13,20,26H,2-3,14-19H2,1H3,(H,33,38). The van der Waals surface area contributed by atoms with Crippen LogP contribution in [0.5, 0.6) is 5.88 Å². The molecule has 1 N–H and O–H groups in total. The highest BCUT2D eigenvalue weighted by molar-refractivity contribution is 6.30. The van der Waals surface area contributed by atoms with Crippen molar-refractivity contribution in [2.75, 3.05) is 43.4 Å². The van der Waals surface area contributed by atoms with E-state index in [0.29, 0.717) is 22.2 Å². The van der Waals surface area contributed by atoms with E-state index in [9.17, 15) is 4.79 Å². The van der Waals surface area contributed by atoms with Gasteiger partial charge in [-0.15, -0.1) is 0 Å². The molecule has 0 spiro atoms. The van der Waals surface area contributed by atoms with Gasteiger partial charge in [-0.1, -0.05) is 35.9 Å². The average Bonchev–Trinajstić information content (AvgIpc) is 3.49. The highest BCUT2D eigenvalue weighted by Gasteiger charge is 2.25. The lowest BCUT2D eigenvalue weighted by molar-refractivity contribution is 0.102. The van der Waals surface area contributed by atoms with Gasteiger partial charge in [0.1, 0.15) is 6.10 Å². The third-order valence-corrected chi connectivity index (χ3v) is 7.80. The van der Waals surface area contributed by atoms with Crippen LogP contribution in [0, 0.1) is 0 Å². The molecule has 0 saturated carbocycles. The van der Waals surface area contributed by atoms with E-state index in [4.69, 9.17) is 26.3 Å². The summed E-state index contributed by atoms with van der Waals surface area (Å²) in [5, 5.41) is 3.71. The minimum atomic E-state index is -0.174. The summed E-state index contributed by atoms with van der Waals surface area (Å²) in [6.07, 6.45) is 4.40. The normalized spacial score (nSPS) is 16.5. The number of piperidine rings is 1. The van der Waals surface area contributed by atoms with Gasteiger partial charge in [-0.25, -0.2) is 9.97 Å². The highest BCUT2D eigenvalue weighted by atomic mass is 35.5. The third kappa shape index (κ3) is 5.84. The number of anilines is 2. The third-order valence-electron chi connectivity index (χ3n) is 7.55. The van der Waals surface area contributed by atoms with E-state index >= 15 is 0 Å². The summed E-state index contributed by atoms with van der Waals surface area (Å²) >= 11 is 6.00. The van der Waals surface area contributed by atoms with Crippen LogP contribution in [0.1, 0.15) is 36.0 Å². The summed E-state index contributed by atoms with van der Waals surface area (Å²) in [6, 6.07) is 20.9. The number of ether oxygens (including phenoxy) is 1. The smallest absolute Gasteiger partial charge is 0.258 e. The molecule has 39 heavy (non-hydrogen) atoms. The van der Waals surface area contributed by atoms with Crippen LogP contribution in [-0.2, 0) is 0 Å². The maximum atomic E-state index is 13.0. The molecule has 0 radical (unpaired) electrons. The number of nitrogens with one attached hydrogen (secondary N) is 1. The highest BCUT2D eigenvalue weighted by Crippen LogP contribution is 2.32. The first-order valence-corrected chi connectivity index (χ1v) is 14.0.